The summed E-state index contributed by atoms with van der Waals surface area (Å²) in [7, 11) is 0. The van der Waals surface area contributed by atoms with Crippen LogP contribution in [0.3, 0.4) is 0 Å². The molecule has 2 amide bonds. The molecule has 5 nitrogen and oxygen atoms in total. The lowest BCUT2D eigenvalue weighted by molar-refractivity contribution is -0.123. The number of benzene rings is 2. The number of hydrogen-bond acceptors (Lipinski definition) is 4. The fourth-order valence-corrected chi connectivity index (χ4v) is 5.12. The maximum absolute atomic E-state index is 13.7. The molecule has 1 saturated heterocycles. The summed E-state index contributed by atoms with van der Waals surface area (Å²) in [6, 6.07) is 11.8. The van der Waals surface area contributed by atoms with Crippen molar-refractivity contribution in [1.29, 1.82) is 0 Å². The number of nitrogens with zero attached hydrogens (tertiary/aromatic N) is 1. The number of ether oxygens (including phenoxy) is 1. The summed E-state index contributed by atoms with van der Waals surface area (Å²) in [5.41, 5.74) is 0.328. The number of amides is 2. The predicted molar refractivity (Wildman–Crippen MR) is 98.1 cm³/mol. The third-order valence-corrected chi connectivity index (χ3v) is 6.33. The highest BCUT2D eigenvalue weighted by atomic mass is 19.1. The van der Waals surface area contributed by atoms with Crippen LogP contribution in [0.25, 0.3) is 0 Å². The lowest BCUT2D eigenvalue weighted by atomic mass is 9.81. The van der Waals surface area contributed by atoms with Crippen molar-refractivity contribution < 1.29 is 23.5 Å². The van der Waals surface area contributed by atoms with Gasteiger partial charge in [0.25, 0.3) is 0 Å². The number of carbonyl (C=O) groups is 3. The van der Waals surface area contributed by atoms with Crippen molar-refractivity contribution in [3.05, 3.63) is 59.9 Å². The first-order valence-electron chi connectivity index (χ1n) is 9.49. The van der Waals surface area contributed by atoms with Gasteiger partial charge in [0, 0.05) is 0 Å². The summed E-state index contributed by atoms with van der Waals surface area (Å²) in [6.07, 6.45) is 3.05. The van der Waals surface area contributed by atoms with E-state index in [4.69, 9.17) is 4.74 Å². The summed E-state index contributed by atoms with van der Waals surface area (Å²) in [5.74, 6) is -1.15. The molecule has 3 fully saturated rings. The predicted octanol–water partition coefficient (Wildman–Crippen LogP) is 3.58. The first-order chi connectivity index (χ1) is 13.5. The molecule has 2 aromatic carbocycles. The van der Waals surface area contributed by atoms with Crippen LogP contribution in [0, 0.1) is 29.5 Å². The van der Waals surface area contributed by atoms with Crippen molar-refractivity contribution in [2.45, 2.75) is 19.3 Å². The second-order valence-corrected chi connectivity index (χ2v) is 7.76. The van der Waals surface area contributed by atoms with E-state index in [2.05, 4.69) is 0 Å². The van der Waals surface area contributed by atoms with Crippen molar-refractivity contribution in [3.8, 4) is 5.75 Å². The molecule has 0 radical (unpaired) electrons. The van der Waals surface area contributed by atoms with E-state index < -0.39 is 11.8 Å². The Kier molecular flexibility index (Phi) is 3.82. The van der Waals surface area contributed by atoms with E-state index in [0.29, 0.717) is 17.5 Å². The fourth-order valence-electron chi connectivity index (χ4n) is 5.12. The standard InChI is InChI=1S/C22H18FNO4/c23-17-4-2-1-3-16(17)22(27)28-15-9-7-14(8-10-15)24-20(25)18-12-5-6-13(11-12)19(18)21(24)26/h1-4,7-10,12-13,18-19H,5-6,11H2/t12-,13-,18-,19+/m0/s1. The van der Waals surface area contributed by atoms with Gasteiger partial charge in [-0.1, -0.05) is 12.1 Å². The number of anilines is 1. The number of carbonyl (C=O) groups excluding carboxylic acids is 3. The maximum Gasteiger partial charge on any atom is 0.346 e. The molecule has 1 aliphatic heterocycles. The largest absolute Gasteiger partial charge is 0.423 e. The van der Waals surface area contributed by atoms with Crippen LogP contribution in [0.4, 0.5) is 10.1 Å². The molecule has 1 heterocycles. The Morgan fingerprint density at radius 2 is 1.54 bits per heavy atom. The molecule has 2 bridgehead atoms. The molecule has 0 N–H and O–H groups in total. The Balaban J connectivity index is 1.35. The second-order valence-electron chi connectivity index (χ2n) is 7.76. The van der Waals surface area contributed by atoms with Gasteiger partial charge in [-0.25, -0.2) is 9.18 Å². The number of halogens is 1. The zero-order valence-electron chi connectivity index (χ0n) is 15.0. The van der Waals surface area contributed by atoms with Gasteiger partial charge in [0.05, 0.1) is 23.1 Å². The molecular weight excluding hydrogens is 361 g/mol. The van der Waals surface area contributed by atoms with Gasteiger partial charge in [0.1, 0.15) is 11.6 Å². The molecular formula is C22H18FNO4. The molecule has 2 aliphatic carbocycles. The molecule has 0 unspecified atom stereocenters. The molecule has 142 valence electrons. The number of fused-ring (bicyclic) bond motifs is 5. The van der Waals surface area contributed by atoms with E-state index >= 15 is 0 Å². The van der Waals surface area contributed by atoms with Crippen LogP contribution in [0.2, 0.25) is 0 Å². The smallest absolute Gasteiger partial charge is 0.346 e. The van der Waals surface area contributed by atoms with E-state index in [-0.39, 0.29) is 35.0 Å². The first-order valence-corrected chi connectivity index (χ1v) is 9.49. The zero-order chi connectivity index (χ0) is 19.4. The SMILES string of the molecule is O=C(Oc1ccc(N2C(=O)[C@@H]3[C@H]4CC[C@@H](C4)[C@@H]3C2=O)cc1)c1ccccc1F. The molecule has 6 heteroatoms. The van der Waals surface area contributed by atoms with E-state index in [1.54, 1.807) is 18.2 Å². The normalized spacial score (nSPS) is 28.0. The summed E-state index contributed by atoms with van der Waals surface area (Å²) in [5, 5.41) is 0. The van der Waals surface area contributed by atoms with Crippen LogP contribution in [-0.2, 0) is 9.59 Å². The van der Waals surface area contributed by atoms with Crippen molar-refractivity contribution in [3.63, 3.8) is 0 Å². The summed E-state index contributed by atoms with van der Waals surface area (Å²) < 4.78 is 18.9. The van der Waals surface area contributed by atoms with E-state index in [9.17, 15) is 18.8 Å². The van der Waals surface area contributed by atoms with Gasteiger partial charge in [-0.3, -0.25) is 14.5 Å². The third kappa shape index (κ3) is 2.47. The van der Waals surface area contributed by atoms with Crippen molar-refractivity contribution in [1.82, 2.24) is 0 Å². The molecule has 5 rings (SSSR count). The molecule has 0 aromatic heterocycles. The maximum atomic E-state index is 13.7. The number of esters is 1. The van der Waals surface area contributed by atoms with E-state index in [1.807, 2.05) is 0 Å². The number of rotatable bonds is 3. The van der Waals surface area contributed by atoms with Crippen molar-refractivity contribution in [2.75, 3.05) is 4.90 Å². The van der Waals surface area contributed by atoms with Crippen LogP contribution >= 0.6 is 0 Å². The van der Waals surface area contributed by atoms with Crippen LogP contribution in [0.1, 0.15) is 29.6 Å². The Hall–Kier alpha value is -3.02. The van der Waals surface area contributed by atoms with Crippen LogP contribution < -0.4 is 9.64 Å². The summed E-state index contributed by atoms with van der Waals surface area (Å²) >= 11 is 0. The molecule has 28 heavy (non-hydrogen) atoms. The minimum Gasteiger partial charge on any atom is -0.423 e. The molecule has 0 spiro atoms. The van der Waals surface area contributed by atoms with Gasteiger partial charge in [0.15, 0.2) is 0 Å². The van der Waals surface area contributed by atoms with E-state index in [1.165, 1.54) is 35.2 Å². The Morgan fingerprint density at radius 3 is 2.14 bits per heavy atom. The Morgan fingerprint density at radius 1 is 0.929 bits per heavy atom. The fraction of sp³-hybridized carbons (Fsp3) is 0.318. The minimum atomic E-state index is -0.801. The average Bonchev–Trinajstić information content (AvgIpc) is 3.37. The first kappa shape index (κ1) is 17.1. The third-order valence-electron chi connectivity index (χ3n) is 6.33. The number of imide groups is 1. The molecule has 2 saturated carbocycles. The van der Waals surface area contributed by atoms with Gasteiger partial charge in [-0.15, -0.1) is 0 Å². The topological polar surface area (TPSA) is 63.7 Å². The average molecular weight is 379 g/mol. The van der Waals surface area contributed by atoms with E-state index in [0.717, 1.165) is 19.3 Å². The van der Waals surface area contributed by atoms with Gasteiger partial charge < -0.3 is 4.74 Å². The zero-order valence-corrected chi connectivity index (χ0v) is 15.0. The summed E-state index contributed by atoms with van der Waals surface area (Å²) in [6.45, 7) is 0. The lowest BCUT2D eigenvalue weighted by Gasteiger charge is -2.19. The van der Waals surface area contributed by atoms with Gasteiger partial charge in [0.2, 0.25) is 11.8 Å². The molecule has 3 aliphatic rings. The van der Waals surface area contributed by atoms with Crippen LogP contribution in [-0.4, -0.2) is 17.8 Å². The van der Waals surface area contributed by atoms with Crippen molar-refractivity contribution >= 4 is 23.5 Å². The lowest BCUT2D eigenvalue weighted by Crippen LogP contribution is -2.32. The Bertz CT molecular complexity index is 958. The van der Waals surface area contributed by atoms with Gasteiger partial charge in [-0.05, 0) is 67.5 Å². The van der Waals surface area contributed by atoms with Gasteiger partial charge in [-0.2, -0.15) is 0 Å². The molecule has 2 aromatic rings. The monoisotopic (exact) mass is 379 g/mol. The number of hydrogen-bond donors (Lipinski definition) is 0. The molecule has 4 atom stereocenters. The Labute approximate surface area is 161 Å². The minimum absolute atomic E-state index is 0.113. The highest BCUT2D eigenvalue weighted by Gasteiger charge is 2.61. The van der Waals surface area contributed by atoms with Crippen LogP contribution in [0.15, 0.2) is 48.5 Å². The highest BCUT2D eigenvalue weighted by molar-refractivity contribution is 6.22. The summed E-state index contributed by atoms with van der Waals surface area (Å²) in [4.78, 5) is 39.1. The highest BCUT2D eigenvalue weighted by Crippen LogP contribution is 2.56. The van der Waals surface area contributed by atoms with Crippen molar-refractivity contribution in [2.24, 2.45) is 23.7 Å². The van der Waals surface area contributed by atoms with Gasteiger partial charge >= 0.3 is 5.97 Å². The van der Waals surface area contributed by atoms with Crippen LogP contribution in [0.5, 0.6) is 5.75 Å². The quantitative estimate of drug-likeness (QED) is 0.465. The second kappa shape index (κ2) is 6.26.